The first-order chi connectivity index (χ1) is 23.2. The number of carboxylic acids is 1. The van der Waals surface area contributed by atoms with Crippen LogP contribution in [0.4, 0.5) is 10.1 Å². The summed E-state index contributed by atoms with van der Waals surface area (Å²) in [5, 5.41) is 12.1. The minimum Gasteiger partial charge on any atom is -0.494 e. The second-order valence-corrected chi connectivity index (χ2v) is 11.3. The van der Waals surface area contributed by atoms with Gasteiger partial charge in [0.15, 0.2) is 0 Å². The third-order valence-electron chi connectivity index (χ3n) is 7.45. The zero-order valence-electron chi connectivity index (χ0n) is 26.8. The van der Waals surface area contributed by atoms with Crippen LogP contribution in [0, 0.1) is 5.82 Å². The highest BCUT2D eigenvalue weighted by molar-refractivity contribution is 5.97. The molecule has 4 rings (SSSR count). The van der Waals surface area contributed by atoms with Gasteiger partial charge in [0.1, 0.15) is 23.9 Å². The summed E-state index contributed by atoms with van der Waals surface area (Å²) in [6.07, 6.45) is 5.58. The Kier molecular flexibility index (Phi) is 13.2. The third-order valence-corrected chi connectivity index (χ3v) is 7.45. The maximum Gasteiger partial charge on any atom is 0.343 e. The number of carbonyl (C=O) groups excluding carboxylic acids is 3. The molecule has 0 heterocycles. The molecule has 0 radical (unpaired) electrons. The van der Waals surface area contributed by atoms with Gasteiger partial charge in [0.25, 0.3) is 5.91 Å². The van der Waals surface area contributed by atoms with Gasteiger partial charge < -0.3 is 24.8 Å². The highest BCUT2D eigenvalue weighted by Crippen LogP contribution is 2.20. The van der Waals surface area contributed by atoms with Crippen molar-refractivity contribution in [2.24, 2.45) is 0 Å². The van der Waals surface area contributed by atoms with E-state index in [4.69, 9.17) is 9.47 Å². The summed E-state index contributed by atoms with van der Waals surface area (Å²) in [5.74, 6) is -2.17. The summed E-state index contributed by atoms with van der Waals surface area (Å²) in [6.45, 7) is 2.24. The largest absolute Gasteiger partial charge is 0.494 e. The molecule has 0 aliphatic carbocycles. The van der Waals surface area contributed by atoms with Crippen molar-refractivity contribution in [1.82, 2.24) is 4.90 Å². The van der Waals surface area contributed by atoms with E-state index in [2.05, 4.69) is 12.2 Å². The molecule has 0 aliphatic heterocycles. The quantitative estimate of drug-likeness (QED) is 0.0696. The average Bonchev–Trinajstić information content (AvgIpc) is 3.08. The van der Waals surface area contributed by atoms with Crippen molar-refractivity contribution >= 4 is 29.4 Å². The molecule has 2 N–H and O–H groups in total. The van der Waals surface area contributed by atoms with Gasteiger partial charge in [-0.25, -0.2) is 9.18 Å². The van der Waals surface area contributed by atoms with Gasteiger partial charge in [0.05, 0.1) is 18.6 Å². The van der Waals surface area contributed by atoms with Crippen molar-refractivity contribution in [2.45, 2.75) is 52.0 Å². The molecule has 4 aromatic carbocycles. The lowest BCUT2D eigenvalue weighted by atomic mass is 10.1. The summed E-state index contributed by atoms with van der Waals surface area (Å²) >= 11 is 0. The minimum absolute atomic E-state index is 0.0133. The number of nitrogens with one attached hydrogen (secondary N) is 1. The molecule has 4 aromatic rings. The summed E-state index contributed by atoms with van der Waals surface area (Å²) < 4.78 is 25.1. The Balaban J connectivity index is 1.30. The van der Waals surface area contributed by atoms with Gasteiger partial charge in [-0.2, -0.15) is 0 Å². The summed E-state index contributed by atoms with van der Waals surface area (Å²) in [7, 11) is 0. The number of carbonyl (C=O) groups is 4. The van der Waals surface area contributed by atoms with Gasteiger partial charge in [-0.3, -0.25) is 14.4 Å². The van der Waals surface area contributed by atoms with Crippen LogP contribution in [0.3, 0.4) is 0 Å². The smallest absolute Gasteiger partial charge is 0.343 e. The number of aliphatic carboxylic acids is 1. The third kappa shape index (κ3) is 11.1. The van der Waals surface area contributed by atoms with Crippen molar-refractivity contribution in [2.75, 3.05) is 18.5 Å². The Morgan fingerprint density at radius 3 is 2.08 bits per heavy atom. The molecule has 250 valence electrons. The molecule has 0 atom stereocenters. The van der Waals surface area contributed by atoms with Crippen molar-refractivity contribution in [1.29, 1.82) is 0 Å². The topological polar surface area (TPSA) is 122 Å². The van der Waals surface area contributed by atoms with Crippen LogP contribution in [0.1, 0.15) is 70.9 Å². The molecule has 0 bridgehead atoms. The number of ether oxygens (including phenoxy) is 2. The molecule has 0 saturated heterocycles. The second kappa shape index (κ2) is 18.0. The predicted octanol–water partition coefficient (Wildman–Crippen LogP) is 7.30. The van der Waals surface area contributed by atoms with Crippen molar-refractivity contribution in [3.05, 3.63) is 125 Å². The first kappa shape index (κ1) is 35.3. The van der Waals surface area contributed by atoms with Gasteiger partial charge in [-0.05, 0) is 84.3 Å². The Morgan fingerprint density at radius 1 is 0.771 bits per heavy atom. The highest BCUT2D eigenvalue weighted by Gasteiger charge is 2.20. The molecular formula is C38H39FN2O7. The van der Waals surface area contributed by atoms with E-state index in [1.807, 2.05) is 0 Å². The molecule has 0 aliphatic rings. The number of hydrogen-bond donors (Lipinski definition) is 2. The first-order valence-corrected chi connectivity index (χ1v) is 15.9. The van der Waals surface area contributed by atoms with E-state index in [9.17, 15) is 28.7 Å². The van der Waals surface area contributed by atoms with Crippen LogP contribution < -0.4 is 14.8 Å². The SMILES string of the molecule is CCCCCCCOc1ccc(C(=O)Oc2ccc(CN(CC(=O)O)C(=O)c3ccc(NC(=O)Cc4ccccc4F)cc3)cc2)cc1. The number of halogens is 1. The number of anilines is 1. The first-order valence-electron chi connectivity index (χ1n) is 15.9. The molecule has 0 unspecified atom stereocenters. The molecule has 0 fully saturated rings. The normalized spacial score (nSPS) is 10.6. The maximum atomic E-state index is 13.9. The lowest BCUT2D eigenvalue weighted by Crippen LogP contribution is -2.35. The fourth-order valence-electron chi connectivity index (χ4n) is 4.89. The molecule has 0 saturated carbocycles. The molecule has 0 spiro atoms. The van der Waals surface area contributed by atoms with E-state index < -0.39 is 36.1 Å². The molecule has 9 nitrogen and oxygen atoms in total. The van der Waals surface area contributed by atoms with Crippen LogP contribution in [-0.4, -0.2) is 46.9 Å². The molecule has 0 aromatic heterocycles. The summed E-state index contributed by atoms with van der Waals surface area (Å²) in [4.78, 5) is 51.1. The number of unbranched alkanes of at least 4 members (excludes halogenated alkanes) is 4. The van der Waals surface area contributed by atoms with Gasteiger partial charge in [-0.1, -0.05) is 62.9 Å². The average molecular weight is 655 g/mol. The van der Waals surface area contributed by atoms with Crippen LogP contribution in [0.25, 0.3) is 0 Å². The van der Waals surface area contributed by atoms with E-state index in [1.165, 1.54) is 60.6 Å². The Bertz CT molecular complexity index is 1670. The van der Waals surface area contributed by atoms with Crippen molar-refractivity contribution in [3.8, 4) is 11.5 Å². The van der Waals surface area contributed by atoms with Crippen LogP contribution >= 0.6 is 0 Å². The monoisotopic (exact) mass is 654 g/mol. The number of benzene rings is 4. The Hall–Kier alpha value is -5.51. The van der Waals surface area contributed by atoms with Crippen molar-refractivity contribution < 1.29 is 38.1 Å². The van der Waals surface area contributed by atoms with Crippen LogP contribution in [0.5, 0.6) is 11.5 Å². The zero-order valence-corrected chi connectivity index (χ0v) is 26.8. The maximum absolute atomic E-state index is 13.9. The summed E-state index contributed by atoms with van der Waals surface area (Å²) in [6, 6.07) is 25.2. The lowest BCUT2D eigenvalue weighted by molar-refractivity contribution is -0.137. The number of esters is 1. The molecule has 48 heavy (non-hydrogen) atoms. The zero-order chi connectivity index (χ0) is 34.3. The fourth-order valence-corrected chi connectivity index (χ4v) is 4.89. The number of amides is 2. The molecule has 10 heteroatoms. The summed E-state index contributed by atoms with van der Waals surface area (Å²) in [5.41, 5.74) is 1.87. The highest BCUT2D eigenvalue weighted by atomic mass is 19.1. The van der Waals surface area contributed by atoms with E-state index in [1.54, 1.807) is 60.7 Å². The van der Waals surface area contributed by atoms with Gasteiger partial charge in [0.2, 0.25) is 5.91 Å². The molecule has 2 amide bonds. The fraction of sp³-hybridized carbons (Fsp3) is 0.263. The Labute approximate surface area is 279 Å². The lowest BCUT2D eigenvalue weighted by Gasteiger charge is -2.21. The number of carboxylic acid groups (broad SMARTS) is 1. The van der Waals surface area contributed by atoms with E-state index in [0.29, 0.717) is 34.9 Å². The second-order valence-electron chi connectivity index (χ2n) is 11.3. The van der Waals surface area contributed by atoms with E-state index in [-0.39, 0.29) is 24.1 Å². The van der Waals surface area contributed by atoms with Crippen LogP contribution in [-0.2, 0) is 22.6 Å². The van der Waals surface area contributed by atoms with Crippen LogP contribution in [0.15, 0.2) is 97.1 Å². The van der Waals surface area contributed by atoms with Crippen molar-refractivity contribution in [3.63, 3.8) is 0 Å². The van der Waals surface area contributed by atoms with Gasteiger partial charge in [-0.15, -0.1) is 0 Å². The minimum atomic E-state index is -1.19. The predicted molar refractivity (Wildman–Crippen MR) is 180 cm³/mol. The van der Waals surface area contributed by atoms with Gasteiger partial charge in [0, 0.05) is 17.8 Å². The number of hydrogen-bond acceptors (Lipinski definition) is 6. The number of rotatable bonds is 17. The van der Waals surface area contributed by atoms with E-state index in [0.717, 1.165) is 12.8 Å². The van der Waals surface area contributed by atoms with Crippen LogP contribution in [0.2, 0.25) is 0 Å². The van der Waals surface area contributed by atoms with E-state index >= 15 is 0 Å². The Morgan fingerprint density at radius 2 is 1.42 bits per heavy atom. The standard InChI is InChI=1S/C38H39FN2O7/c1-2-3-4-5-8-23-47-32-21-15-29(16-22-32)38(46)48-33-19-11-27(12-20-33)25-41(26-36(43)44)37(45)28-13-17-31(18-14-28)40-35(42)24-30-9-6-7-10-34(30)39/h6-7,9-22H,2-5,8,23-26H2,1H3,(H,40,42)(H,43,44). The van der Waals surface area contributed by atoms with Gasteiger partial charge >= 0.3 is 11.9 Å². The number of nitrogens with zero attached hydrogens (tertiary/aromatic N) is 1. The molecular weight excluding hydrogens is 615 g/mol.